The molecule has 2 aromatic carbocycles. The Hall–Kier alpha value is -3.62. The van der Waals surface area contributed by atoms with Crippen molar-refractivity contribution >= 4 is 11.8 Å². The number of halogens is 1. The first-order valence-corrected chi connectivity index (χ1v) is 11.2. The number of tetrazole rings is 1. The number of hydrogen-bond acceptors (Lipinski definition) is 5. The SMILES string of the molecule is O=C(CN(CCc1ccccc1)C(=O)Cn1nnc(-c2ccc(F)cc2)n1)NC1CCCC1. The maximum absolute atomic E-state index is 13.2. The van der Waals surface area contributed by atoms with Crippen molar-refractivity contribution in [3.05, 3.63) is 66.0 Å². The molecular formula is C24H27FN6O2. The third kappa shape index (κ3) is 6.44. The van der Waals surface area contributed by atoms with Crippen molar-refractivity contribution < 1.29 is 14.0 Å². The molecule has 0 spiro atoms. The van der Waals surface area contributed by atoms with E-state index >= 15 is 0 Å². The van der Waals surface area contributed by atoms with Crippen LogP contribution < -0.4 is 5.32 Å². The van der Waals surface area contributed by atoms with E-state index in [1.807, 2.05) is 30.3 Å². The second-order valence-electron chi connectivity index (χ2n) is 8.25. The fourth-order valence-electron chi connectivity index (χ4n) is 3.96. The molecular weight excluding hydrogens is 423 g/mol. The summed E-state index contributed by atoms with van der Waals surface area (Å²) in [7, 11) is 0. The van der Waals surface area contributed by atoms with Crippen LogP contribution in [0, 0.1) is 5.82 Å². The van der Waals surface area contributed by atoms with Crippen LogP contribution in [-0.2, 0) is 22.6 Å². The molecule has 0 bridgehead atoms. The van der Waals surface area contributed by atoms with E-state index in [1.54, 1.807) is 12.1 Å². The van der Waals surface area contributed by atoms with E-state index in [0.29, 0.717) is 24.4 Å². The number of hydrogen-bond donors (Lipinski definition) is 1. The number of nitrogens with one attached hydrogen (secondary N) is 1. The highest BCUT2D eigenvalue weighted by Gasteiger charge is 2.22. The van der Waals surface area contributed by atoms with Crippen LogP contribution in [0.15, 0.2) is 54.6 Å². The second kappa shape index (κ2) is 10.8. The summed E-state index contributed by atoms with van der Waals surface area (Å²) >= 11 is 0. The van der Waals surface area contributed by atoms with Crippen molar-refractivity contribution in [2.24, 2.45) is 0 Å². The van der Waals surface area contributed by atoms with Crippen LogP contribution in [0.2, 0.25) is 0 Å². The van der Waals surface area contributed by atoms with Crippen LogP contribution in [0.25, 0.3) is 11.4 Å². The Kier molecular flexibility index (Phi) is 7.39. The number of rotatable bonds is 9. The minimum atomic E-state index is -0.355. The molecule has 2 amide bonds. The summed E-state index contributed by atoms with van der Waals surface area (Å²) < 4.78 is 13.2. The molecule has 0 unspecified atom stereocenters. The number of amides is 2. The summed E-state index contributed by atoms with van der Waals surface area (Å²) in [5, 5.41) is 15.2. The lowest BCUT2D eigenvalue weighted by molar-refractivity contribution is -0.137. The summed E-state index contributed by atoms with van der Waals surface area (Å²) in [5.74, 6) is -0.471. The van der Waals surface area contributed by atoms with Gasteiger partial charge in [0, 0.05) is 18.2 Å². The largest absolute Gasteiger partial charge is 0.352 e. The maximum atomic E-state index is 13.2. The van der Waals surface area contributed by atoms with E-state index in [-0.39, 0.29) is 36.8 Å². The molecule has 0 saturated heterocycles. The molecule has 0 atom stereocenters. The Balaban J connectivity index is 1.41. The molecule has 9 heteroatoms. The molecule has 4 rings (SSSR count). The molecule has 1 heterocycles. The van der Waals surface area contributed by atoms with Crippen LogP contribution >= 0.6 is 0 Å². The Morgan fingerprint density at radius 3 is 2.52 bits per heavy atom. The molecule has 1 aliphatic carbocycles. The zero-order valence-electron chi connectivity index (χ0n) is 18.4. The van der Waals surface area contributed by atoms with Gasteiger partial charge in [-0.3, -0.25) is 9.59 Å². The first-order valence-electron chi connectivity index (χ1n) is 11.2. The zero-order chi connectivity index (χ0) is 23.0. The van der Waals surface area contributed by atoms with Crippen molar-refractivity contribution in [1.29, 1.82) is 0 Å². The predicted molar refractivity (Wildman–Crippen MR) is 120 cm³/mol. The average Bonchev–Trinajstić information content (AvgIpc) is 3.50. The van der Waals surface area contributed by atoms with E-state index in [4.69, 9.17) is 0 Å². The Labute approximate surface area is 191 Å². The molecule has 33 heavy (non-hydrogen) atoms. The van der Waals surface area contributed by atoms with Gasteiger partial charge in [-0.1, -0.05) is 43.2 Å². The first kappa shape index (κ1) is 22.6. The third-order valence-electron chi connectivity index (χ3n) is 5.75. The van der Waals surface area contributed by atoms with Gasteiger partial charge >= 0.3 is 0 Å². The Bertz CT molecular complexity index is 1060. The molecule has 1 fully saturated rings. The van der Waals surface area contributed by atoms with Gasteiger partial charge in [-0.15, -0.1) is 10.2 Å². The van der Waals surface area contributed by atoms with Gasteiger partial charge in [-0.05, 0) is 54.3 Å². The highest BCUT2D eigenvalue weighted by Crippen LogP contribution is 2.17. The maximum Gasteiger partial charge on any atom is 0.246 e. The number of benzene rings is 2. The van der Waals surface area contributed by atoms with Crippen molar-refractivity contribution in [3.8, 4) is 11.4 Å². The molecule has 8 nitrogen and oxygen atoms in total. The van der Waals surface area contributed by atoms with Gasteiger partial charge in [0.2, 0.25) is 17.6 Å². The van der Waals surface area contributed by atoms with E-state index < -0.39 is 0 Å². The van der Waals surface area contributed by atoms with Crippen LogP contribution in [0.3, 0.4) is 0 Å². The van der Waals surface area contributed by atoms with Gasteiger partial charge in [-0.2, -0.15) is 4.80 Å². The summed E-state index contributed by atoms with van der Waals surface area (Å²) in [6, 6.07) is 15.8. The van der Waals surface area contributed by atoms with Crippen molar-refractivity contribution in [3.63, 3.8) is 0 Å². The number of nitrogens with zero attached hydrogens (tertiary/aromatic N) is 5. The monoisotopic (exact) mass is 450 g/mol. The molecule has 1 N–H and O–H groups in total. The number of carbonyl (C=O) groups excluding carboxylic acids is 2. The predicted octanol–water partition coefficient (Wildman–Crippen LogP) is 2.61. The smallest absolute Gasteiger partial charge is 0.246 e. The quantitative estimate of drug-likeness (QED) is 0.541. The van der Waals surface area contributed by atoms with Crippen molar-refractivity contribution in [2.45, 2.75) is 44.7 Å². The standard InChI is InChI=1S/C24H27FN6O2/c25-20-12-10-19(11-13-20)24-27-29-31(28-24)17-23(33)30(15-14-18-6-2-1-3-7-18)16-22(32)26-21-8-4-5-9-21/h1-3,6-7,10-13,21H,4-5,8-9,14-17H2,(H,26,32). The summed E-state index contributed by atoms with van der Waals surface area (Å²) in [6.45, 7) is 0.252. The van der Waals surface area contributed by atoms with Gasteiger partial charge in [0.15, 0.2) is 0 Å². The zero-order valence-corrected chi connectivity index (χ0v) is 18.4. The summed E-state index contributed by atoms with van der Waals surface area (Å²) in [6.07, 6.45) is 4.85. The highest BCUT2D eigenvalue weighted by molar-refractivity contribution is 5.84. The molecule has 1 aliphatic rings. The molecule has 172 valence electrons. The Morgan fingerprint density at radius 1 is 1.06 bits per heavy atom. The minimum Gasteiger partial charge on any atom is -0.352 e. The third-order valence-corrected chi connectivity index (χ3v) is 5.75. The lowest BCUT2D eigenvalue weighted by atomic mass is 10.1. The van der Waals surface area contributed by atoms with Crippen LogP contribution in [-0.4, -0.2) is 56.1 Å². The molecule has 1 saturated carbocycles. The van der Waals surface area contributed by atoms with Crippen LogP contribution in [0.5, 0.6) is 0 Å². The van der Waals surface area contributed by atoms with Crippen molar-refractivity contribution in [1.82, 2.24) is 30.4 Å². The normalized spacial score (nSPS) is 13.7. The second-order valence-corrected chi connectivity index (χ2v) is 8.25. The fraction of sp³-hybridized carbons (Fsp3) is 0.375. The van der Waals surface area contributed by atoms with Crippen molar-refractivity contribution in [2.75, 3.05) is 13.1 Å². The van der Waals surface area contributed by atoms with Gasteiger partial charge in [-0.25, -0.2) is 4.39 Å². The van der Waals surface area contributed by atoms with Gasteiger partial charge in [0.05, 0.1) is 6.54 Å². The van der Waals surface area contributed by atoms with Gasteiger partial charge in [0.25, 0.3) is 0 Å². The van der Waals surface area contributed by atoms with Crippen LogP contribution in [0.4, 0.5) is 4.39 Å². The van der Waals surface area contributed by atoms with E-state index in [1.165, 1.54) is 21.8 Å². The fourth-order valence-corrected chi connectivity index (χ4v) is 3.96. The minimum absolute atomic E-state index is 0.0122. The number of aromatic nitrogens is 4. The molecule has 0 aliphatic heterocycles. The lowest BCUT2D eigenvalue weighted by Gasteiger charge is -2.23. The van der Waals surface area contributed by atoms with E-state index in [9.17, 15) is 14.0 Å². The van der Waals surface area contributed by atoms with Crippen LogP contribution in [0.1, 0.15) is 31.2 Å². The molecule has 0 radical (unpaired) electrons. The number of carbonyl (C=O) groups is 2. The topological polar surface area (TPSA) is 93.0 Å². The van der Waals surface area contributed by atoms with E-state index in [0.717, 1.165) is 31.2 Å². The van der Waals surface area contributed by atoms with Gasteiger partial charge in [0.1, 0.15) is 12.4 Å². The first-order chi connectivity index (χ1) is 16.1. The van der Waals surface area contributed by atoms with Gasteiger partial charge < -0.3 is 10.2 Å². The van der Waals surface area contributed by atoms with E-state index in [2.05, 4.69) is 20.7 Å². The lowest BCUT2D eigenvalue weighted by Crippen LogP contribution is -2.45. The molecule has 1 aromatic heterocycles. The summed E-state index contributed by atoms with van der Waals surface area (Å²) in [4.78, 5) is 28.4. The summed E-state index contributed by atoms with van der Waals surface area (Å²) in [5.41, 5.74) is 1.69. The average molecular weight is 451 g/mol. The highest BCUT2D eigenvalue weighted by atomic mass is 19.1. The molecule has 3 aromatic rings. The Morgan fingerprint density at radius 2 is 1.79 bits per heavy atom.